The molecule has 1 aliphatic carbocycles. The van der Waals surface area contributed by atoms with Crippen LogP contribution in [0.1, 0.15) is 39.5 Å². The van der Waals surface area contributed by atoms with E-state index in [9.17, 15) is 14.0 Å². The van der Waals surface area contributed by atoms with E-state index >= 15 is 0 Å². The number of amides is 2. The van der Waals surface area contributed by atoms with Gasteiger partial charge in [-0.2, -0.15) is 0 Å². The smallest absolute Gasteiger partial charge is 0.247 e. The predicted molar refractivity (Wildman–Crippen MR) is 108 cm³/mol. The summed E-state index contributed by atoms with van der Waals surface area (Å²) in [5.74, 6) is 0.521. The number of carbonyl (C=O) groups is 2. The number of halogens is 2. The zero-order valence-corrected chi connectivity index (χ0v) is 18.1. The first-order valence-electron chi connectivity index (χ1n) is 11.0. The van der Waals surface area contributed by atoms with E-state index in [1.54, 1.807) is 9.80 Å². The molecule has 6 nitrogen and oxygen atoms in total. The first-order valence-corrected chi connectivity index (χ1v) is 11.5. The largest absolute Gasteiger partial charge is 0.380 e. The van der Waals surface area contributed by atoms with Gasteiger partial charge in [-0.05, 0) is 43.4 Å². The Bertz CT molecular complexity index is 634. The quantitative estimate of drug-likeness (QED) is 0.694. The number of piperazine rings is 1. The lowest BCUT2D eigenvalue weighted by molar-refractivity contribution is -0.173. The van der Waals surface area contributed by atoms with Gasteiger partial charge in [0.2, 0.25) is 11.8 Å². The van der Waals surface area contributed by atoms with Crippen LogP contribution in [-0.2, 0) is 14.3 Å². The van der Waals surface area contributed by atoms with Gasteiger partial charge in [-0.1, -0.05) is 13.8 Å². The summed E-state index contributed by atoms with van der Waals surface area (Å²) in [6.45, 7) is 6.34. The Labute approximate surface area is 177 Å². The SMILES string of the molecule is CC1CC(CN2C(=O)CN(C3NCC(Cl)CC3C)C(=O)[C@@H]2C2COC2)CCC1F. The van der Waals surface area contributed by atoms with Crippen LogP contribution in [0.5, 0.6) is 0 Å². The molecule has 3 aliphatic heterocycles. The third kappa shape index (κ3) is 4.28. The minimum atomic E-state index is -0.749. The summed E-state index contributed by atoms with van der Waals surface area (Å²) in [5.41, 5.74) is 0. The Kier molecular flexibility index (Phi) is 6.38. The molecular weight excluding hydrogens is 397 g/mol. The van der Waals surface area contributed by atoms with E-state index in [-0.39, 0.29) is 53.6 Å². The van der Waals surface area contributed by atoms with Crippen molar-refractivity contribution in [2.75, 3.05) is 32.8 Å². The van der Waals surface area contributed by atoms with E-state index in [1.807, 2.05) is 6.92 Å². The van der Waals surface area contributed by atoms with Crippen LogP contribution in [0.3, 0.4) is 0 Å². The van der Waals surface area contributed by atoms with Gasteiger partial charge in [-0.15, -0.1) is 11.6 Å². The number of carbonyl (C=O) groups excluding carboxylic acids is 2. The van der Waals surface area contributed by atoms with Gasteiger partial charge >= 0.3 is 0 Å². The van der Waals surface area contributed by atoms with Gasteiger partial charge in [0.15, 0.2) is 0 Å². The highest BCUT2D eigenvalue weighted by atomic mass is 35.5. The van der Waals surface area contributed by atoms with Crippen LogP contribution in [0.25, 0.3) is 0 Å². The van der Waals surface area contributed by atoms with E-state index in [2.05, 4.69) is 12.2 Å². The Morgan fingerprint density at radius 1 is 1.17 bits per heavy atom. The number of nitrogens with zero attached hydrogens (tertiary/aromatic N) is 2. The lowest BCUT2D eigenvalue weighted by Crippen LogP contribution is -2.70. The third-order valence-corrected chi connectivity index (χ3v) is 7.62. The Hall–Kier alpha value is -0.920. The average Bonchev–Trinajstić information content (AvgIpc) is 2.62. The maximum atomic E-state index is 13.9. The molecule has 0 spiro atoms. The molecule has 0 radical (unpaired) electrons. The Morgan fingerprint density at radius 2 is 1.93 bits per heavy atom. The van der Waals surface area contributed by atoms with E-state index in [0.717, 1.165) is 19.3 Å². The molecule has 0 aromatic rings. The summed E-state index contributed by atoms with van der Waals surface area (Å²) < 4.78 is 19.2. The monoisotopic (exact) mass is 429 g/mol. The molecule has 6 unspecified atom stereocenters. The Balaban J connectivity index is 1.50. The van der Waals surface area contributed by atoms with Crippen molar-refractivity contribution in [3.63, 3.8) is 0 Å². The van der Waals surface area contributed by atoms with E-state index < -0.39 is 12.2 Å². The lowest BCUT2D eigenvalue weighted by atomic mass is 9.80. The topological polar surface area (TPSA) is 61.9 Å². The van der Waals surface area contributed by atoms with Crippen LogP contribution in [0.4, 0.5) is 4.39 Å². The summed E-state index contributed by atoms with van der Waals surface area (Å²) in [4.78, 5) is 30.3. The highest BCUT2D eigenvalue weighted by molar-refractivity contribution is 6.20. The fourth-order valence-electron chi connectivity index (χ4n) is 5.51. The zero-order valence-electron chi connectivity index (χ0n) is 17.4. The molecule has 4 rings (SSSR count). The van der Waals surface area contributed by atoms with Crippen LogP contribution < -0.4 is 5.32 Å². The van der Waals surface area contributed by atoms with Gasteiger partial charge < -0.3 is 14.5 Å². The minimum Gasteiger partial charge on any atom is -0.380 e. The normalized spacial score (nSPS) is 42.1. The van der Waals surface area contributed by atoms with Crippen LogP contribution >= 0.6 is 11.6 Å². The van der Waals surface area contributed by atoms with E-state index in [0.29, 0.717) is 32.7 Å². The first kappa shape index (κ1) is 21.3. The maximum absolute atomic E-state index is 13.9. The lowest BCUT2D eigenvalue weighted by Gasteiger charge is -2.50. The van der Waals surface area contributed by atoms with Crippen molar-refractivity contribution in [3.8, 4) is 0 Å². The molecule has 7 atom stereocenters. The Morgan fingerprint density at radius 3 is 2.55 bits per heavy atom. The zero-order chi connectivity index (χ0) is 20.7. The first-order chi connectivity index (χ1) is 13.8. The van der Waals surface area contributed by atoms with Crippen molar-refractivity contribution in [2.45, 2.75) is 63.3 Å². The molecule has 29 heavy (non-hydrogen) atoms. The second-order valence-electron chi connectivity index (χ2n) is 9.59. The maximum Gasteiger partial charge on any atom is 0.247 e. The average molecular weight is 430 g/mol. The molecule has 164 valence electrons. The number of ether oxygens (including phenoxy) is 1. The molecule has 3 heterocycles. The number of nitrogens with one attached hydrogen (secondary N) is 1. The molecule has 3 saturated heterocycles. The standard InChI is InChI=1S/C21H33ClFN3O3/c1-12-5-14(3-4-17(12)23)8-25-18(27)9-26(20-13(2)6-16(22)7-24-20)21(28)19(25)15-10-29-11-15/h12-17,19-20,24H,3-11H2,1-2H3/t12?,13?,14?,16?,17?,19-,20?/m0/s1. The summed E-state index contributed by atoms with van der Waals surface area (Å²) >= 11 is 6.26. The summed E-state index contributed by atoms with van der Waals surface area (Å²) in [7, 11) is 0. The van der Waals surface area contributed by atoms with Gasteiger partial charge in [0, 0.05) is 24.4 Å². The van der Waals surface area contributed by atoms with Crippen molar-refractivity contribution in [2.24, 2.45) is 23.7 Å². The molecule has 4 fully saturated rings. The number of rotatable bonds is 4. The highest BCUT2D eigenvalue weighted by Crippen LogP contribution is 2.35. The van der Waals surface area contributed by atoms with Crippen LogP contribution in [0, 0.1) is 23.7 Å². The van der Waals surface area contributed by atoms with Crippen molar-refractivity contribution >= 4 is 23.4 Å². The predicted octanol–water partition coefficient (Wildman–Crippen LogP) is 2.01. The minimum absolute atomic E-state index is 0.00137. The summed E-state index contributed by atoms with van der Waals surface area (Å²) in [5, 5.41) is 3.42. The number of piperidine rings is 1. The fraction of sp³-hybridized carbons (Fsp3) is 0.905. The molecule has 2 amide bonds. The summed E-state index contributed by atoms with van der Waals surface area (Å²) in [6, 6.07) is -0.467. The van der Waals surface area contributed by atoms with Gasteiger partial charge in [-0.3, -0.25) is 14.9 Å². The molecular formula is C21H33ClFN3O3. The van der Waals surface area contributed by atoms with Crippen LogP contribution in [0.15, 0.2) is 0 Å². The molecule has 4 aliphatic rings. The number of alkyl halides is 2. The molecule has 8 heteroatoms. The van der Waals surface area contributed by atoms with E-state index in [4.69, 9.17) is 16.3 Å². The molecule has 1 saturated carbocycles. The van der Waals surface area contributed by atoms with Gasteiger partial charge in [0.1, 0.15) is 18.8 Å². The van der Waals surface area contributed by atoms with Crippen molar-refractivity contribution in [1.82, 2.24) is 15.1 Å². The van der Waals surface area contributed by atoms with Crippen LogP contribution in [0.2, 0.25) is 0 Å². The van der Waals surface area contributed by atoms with Gasteiger partial charge in [-0.25, -0.2) is 4.39 Å². The number of hydrogen-bond acceptors (Lipinski definition) is 4. The molecule has 0 aromatic heterocycles. The van der Waals surface area contributed by atoms with Crippen molar-refractivity contribution in [3.05, 3.63) is 0 Å². The van der Waals surface area contributed by atoms with Gasteiger partial charge in [0.25, 0.3) is 0 Å². The number of hydrogen-bond donors (Lipinski definition) is 1. The second kappa shape index (κ2) is 8.67. The van der Waals surface area contributed by atoms with E-state index in [1.165, 1.54) is 0 Å². The van der Waals surface area contributed by atoms with Crippen LogP contribution in [-0.4, -0.2) is 78.2 Å². The van der Waals surface area contributed by atoms with Crippen molar-refractivity contribution in [1.29, 1.82) is 0 Å². The third-order valence-electron chi connectivity index (χ3n) is 7.29. The highest BCUT2D eigenvalue weighted by Gasteiger charge is 2.49. The fourth-order valence-corrected chi connectivity index (χ4v) is 5.88. The van der Waals surface area contributed by atoms with Gasteiger partial charge in [0.05, 0.1) is 19.4 Å². The molecule has 1 N–H and O–H groups in total. The second-order valence-corrected chi connectivity index (χ2v) is 10.2. The van der Waals surface area contributed by atoms with Crippen molar-refractivity contribution < 1.29 is 18.7 Å². The molecule has 0 aromatic carbocycles. The summed E-state index contributed by atoms with van der Waals surface area (Å²) in [6.07, 6.45) is 2.01. The molecule has 0 bridgehead atoms.